The lowest BCUT2D eigenvalue weighted by molar-refractivity contribution is -0.299. The number of carbonyl (C=O) groups excluding carboxylic acids is 2. The van der Waals surface area contributed by atoms with Crippen LogP contribution in [0.15, 0.2) is 65.8 Å². The highest BCUT2D eigenvalue weighted by Gasteiger charge is 2.52. The topological polar surface area (TPSA) is 186 Å². The van der Waals surface area contributed by atoms with Gasteiger partial charge in [0.2, 0.25) is 0 Å². The number of oxime groups is 1. The molecule has 2 heterocycles. The molecule has 0 saturated carbocycles. The maximum absolute atomic E-state index is 14.3. The molecule has 2 aliphatic rings. The maximum Gasteiger partial charge on any atom is 0.312 e. The maximum atomic E-state index is 14.3. The van der Waals surface area contributed by atoms with E-state index in [-0.39, 0.29) is 38.0 Å². The Morgan fingerprint density at radius 3 is 2.19 bits per heavy atom. The Morgan fingerprint density at radius 1 is 0.891 bits per heavy atom. The van der Waals surface area contributed by atoms with Gasteiger partial charge in [0.05, 0.1) is 42.1 Å². The molecule has 4 N–H and O–H groups in total. The van der Waals surface area contributed by atoms with E-state index >= 15 is 0 Å². The predicted octanol–water partition coefficient (Wildman–Crippen LogP) is 6.49. The minimum Gasteiger partial charge on any atom is -0.493 e. The smallest absolute Gasteiger partial charge is 0.312 e. The summed E-state index contributed by atoms with van der Waals surface area (Å²) in [7, 11) is 3.73. The van der Waals surface area contributed by atoms with Gasteiger partial charge in [-0.2, -0.15) is 0 Å². The molecule has 2 aromatic carbocycles. The number of unbranched alkanes of at least 4 members (excludes halogenated alkanes) is 2. The monoisotopic (exact) mass is 899 g/mol. The fourth-order valence-corrected chi connectivity index (χ4v) is 9.37. The third-order valence-electron chi connectivity index (χ3n) is 13.1. The zero-order valence-corrected chi connectivity index (χ0v) is 39.9. The molecule has 14 atom stereocenters. The van der Waals surface area contributed by atoms with Gasteiger partial charge in [-0.3, -0.25) is 9.59 Å². The Bertz CT molecular complexity index is 1730. The van der Waals surface area contributed by atoms with E-state index in [9.17, 15) is 30.0 Å². The van der Waals surface area contributed by atoms with Crippen molar-refractivity contribution in [2.24, 2.45) is 28.8 Å². The molecule has 0 aromatic heterocycles. The van der Waals surface area contributed by atoms with Gasteiger partial charge in [0.1, 0.15) is 36.3 Å². The van der Waals surface area contributed by atoms with Crippen LogP contribution in [0.3, 0.4) is 0 Å². The van der Waals surface area contributed by atoms with Crippen LogP contribution in [0.2, 0.25) is 0 Å². The average Bonchev–Trinajstić information content (AvgIpc) is 3.25. The number of rotatable bonds is 17. The fraction of sp³-hybridized carbons (Fsp3) is 0.700. The summed E-state index contributed by atoms with van der Waals surface area (Å²) in [6, 6.07) is 19.2. The molecule has 14 nitrogen and oxygen atoms in total. The number of para-hydroxylation sites is 1. The molecule has 4 rings (SSSR count). The highest BCUT2D eigenvalue weighted by Crippen LogP contribution is 2.39. The summed E-state index contributed by atoms with van der Waals surface area (Å²) in [6.45, 7) is 14.1. The van der Waals surface area contributed by atoms with Crippen LogP contribution in [0.4, 0.5) is 0 Å². The summed E-state index contributed by atoms with van der Waals surface area (Å²) < 4.78 is 31.1. The van der Waals surface area contributed by atoms with Crippen molar-refractivity contribution in [1.29, 1.82) is 0 Å². The van der Waals surface area contributed by atoms with Gasteiger partial charge in [0.25, 0.3) is 0 Å². The van der Waals surface area contributed by atoms with Gasteiger partial charge in [-0.15, -0.1) is 0 Å². The van der Waals surface area contributed by atoms with Crippen molar-refractivity contribution in [3.05, 3.63) is 66.2 Å². The molecule has 0 bridgehead atoms. The minimum atomic E-state index is -1.96. The lowest BCUT2D eigenvalue weighted by Crippen LogP contribution is -2.60. The average molecular weight is 899 g/mol. The Kier molecular flexibility index (Phi) is 20.5. The lowest BCUT2D eigenvalue weighted by Gasteiger charge is -2.47. The van der Waals surface area contributed by atoms with Crippen LogP contribution in [-0.4, -0.2) is 130 Å². The van der Waals surface area contributed by atoms with E-state index in [1.807, 2.05) is 81.4 Å². The number of hydrogen-bond acceptors (Lipinski definition) is 14. The molecule has 360 valence electrons. The van der Waals surface area contributed by atoms with Crippen molar-refractivity contribution in [2.45, 2.75) is 173 Å². The standard InChI is InChI=1S/C50H78N2O12/c1-11-40-50(8,58)45(55)34(4)42(51-60-29-21-28-59-38-25-18-14-19-26-38)32(2)31-49(7,57)46(64-48-43(54)39(52(9)10)30-33(3)61-48)35(5)44(36(6)47(56)62-40)63-41(53)27-20-13-17-24-37-22-15-12-16-23-37/h12,14-16,18-19,22-23,25-26,32-36,39-40,43-46,48,54-55,57-58H,11,13,17,20-21,24,27-31H2,1-10H3/b51-42+/t32-,33-,34+,35+,36-,39+,40-,43-,44+,45-,46-,48+,49?,50-/m1/s1. The number of nitrogens with zero attached hydrogens (tertiary/aromatic N) is 2. The van der Waals surface area contributed by atoms with Crippen molar-refractivity contribution in [3.8, 4) is 5.75 Å². The number of esters is 2. The zero-order chi connectivity index (χ0) is 47.2. The molecule has 64 heavy (non-hydrogen) atoms. The molecule has 0 amide bonds. The van der Waals surface area contributed by atoms with Crippen molar-refractivity contribution in [3.63, 3.8) is 0 Å². The molecule has 14 heteroatoms. The Morgan fingerprint density at radius 2 is 1.55 bits per heavy atom. The second-order valence-electron chi connectivity index (χ2n) is 18.9. The Balaban J connectivity index is 1.69. The van der Waals surface area contributed by atoms with Crippen LogP contribution in [-0.2, 0) is 39.8 Å². The molecule has 0 radical (unpaired) electrons. The van der Waals surface area contributed by atoms with E-state index in [1.165, 1.54) is 12.5 Å². The Labute approximate surface area is 381 Å². The SMILES string of the molecule is CC[C@H]1OC(=O)[C@H](C)[C@@H](OC(=O)CCCCCc2ccccc2)[C@H](C)[C@@H](O[C@@H]2O[C@H](C)C[C@H](N(C)C)[C@H]2O)C(C)(O)C[C@@H](C)/C(=N\OCCCOc2ccccc2)[C@H](C)[C@@H](O)[C@]1(C)O. The van der Waals surface area contributed by atoms with Crippen LogP contribution in [0.5, 0.6) is 5.75 Å². The van der Waals surface area contributed by atoms with Crippen molar-refractivity contribution >= 4 is 17.7 Å². The van der Waals surface area contributed by atoms with Crippen molar-refractivity contribution < 1.29 is 58.5 Å². The number of aliphatic hydroxyl groups excluding tert-OH is 2. The van der Waals surface area contributed by atoms with Gasteiger partial charge in [-0.1, -0.05) is 87.8 Å². The van der Waals surface area contributed by atoms with Gasteiger partial charge < -0.3 is 53.8 Å². The van der Waals surface area contributed by atoms with Crippen molar-refractivity contribution in [1.82, 2.24) is 4.90 Å². The van der Waals surface area contributed by atoms with E-state index in [2.05, 4.69) is 17.3 Å². The van der Waals surface area contributed by atoms with E-state index in [0.717, 1.165) is 25.0 Å². The van der Waals surface area contributed by atoms with Crippen LogP contribution in [0, 0.1) is 23.7 Å². The largest absolute Gasteiger partial charge is 0.493 e. The molecular formula is C50H78N2O12. The molecule has 2 aromatic rings. The quantitative estimate of drug-likeness (QED) is 0.0769. The van der Waals surface area contributed by atoms with Crippen LogP contribution < -0.4 is 4.74 Å². The van der Waals surface area contributed by atoms with Crippen molar-refractivity contribution in [2.75, 3.05) is 27.3 Å². The molecular weight excluding hydrogens is 821 g/mol. The summed E-state index contributed by atoms with van der Waals surface area (Å²) in [5, 5.41) is 52.9. The van der Waals surface area contributed by atoms with E-state index in [1.54, 1.807) is 34.6 Å². The zero-order valence-electron chi connectivity index (χ0n) is 39.9. The first-order valence-electron chi connectivity index (χ1n) is 23.4. The highest BCUT2D eigenvalue weighted by atomic mass is 16.7. The number of likely N-dealkylation sites (N-methyl/N-ethyl adjacent to an activating group) is 1. The molecule has 2 fully saturated rings. The summed E-state index contributed by atoms with van der Waals surface area (Å²) in [4.78, 5) is 35.8. The first-order chi connectivity index (χ1) is 30.3. The molecule has 0 aliphatic carbocycles. The fourth-order valence-electron chi connectivity index (χ4n) is 9.37. The number of cyclic esters (lactones) is 1. The minimum absolute atomic E-state index is 0.0197. The summed E-state index contributed by atoms with van der Waals surface area (Å²) in [5.74, 6) is -4.01. The number of aliphatic hydroxyl groups is 4. The van der Waals surface area contributed by atoms with Gasteiger partial charge in [-0.05, 0) is 98.0 Å². The predicted molar refractivity (Wildman–Crippen MR) is 244 cm³/mol. The van der Waals surface area contributed by atoms with Gasteiger partial charge >= 0.3 is 11.9 Å². The summed E-state index contributed by atoms with van der Waals surface area (Å²) >= 11 is 0. The number of aryl methyl sites for hydroxylation is 1. The first kappa shape index (κ1) is 53.0. The van der Waals surface area contributed by atoms with Gasteiger partial charge in [0, 0.05) is 36.6 Å². The molecule has 0 spiro atoms. The van der Waals surface area contributed by atoms with Crippen LogP contribution in [0.25, 0.3) is 0 Å². The molecule has 1 unspecified atom stereocenters. The van der Waals surface area contributed by atoms with E-state index in [0.29, 0.717) is 31.6 Å². The number of hydrogen-bond donors (Lipinski definition) is 4. The summed E-state index contributed by atoms with van der Waals surface area (Å²) in [6.07, 6.45) is -3.30. The number of ether oxygens (including phenoxy) is 5. The van der Waals surface area contributed by atoms with Crippen LogP contribution in [0.1, 0.15) is 112 Å². The third-order valence-corrected chi connectivity index (χ3v) is 13.1. The normalized spacial score (nSPS) is 35.0. The third kappa shape index (κ3) is 14.7. The van der Waals surface area contributed by atoms with Gasteiger partial charge in [0.15, 0.2) is 6.29 Å². The van der Waals surface area contributed by atoms with Gasteiger partial charge in [-0.25, -0.2) is 0 Å². The number of benzene rings is 2. The Hall–Kier alpha value is -3.63. The summed E-state index contributed by atoms with van der Waals surface area (Å²) in [5.41, 5.74) is -2.16. The number of carbonyl (C=O) groups is 2. The lowest BCUT2D eigenvalue weighted by atomic mass is 9.73. The highest BCUT2D eigenvalue weighted by molar-refractivity contribution is 5.88. The van der Waals surface area contributed by atoms with Crippen LogP contribution >= 0.6 is 0 Å². The van der Waals surface area contributed by atoms with E-state index in [4.69, 9.17) is 28.5 Å². The second kappa shape index (κ2) is 24.8. The van der Waals surface area contributed by atoms with E-state index < -0.39 is 83.6 Å². The molecule has 2 saturated heterocycles. The first-order valence-corrected chi connectivity index (χ1v) is 23.4. The molecule has 2 aliphatic heterocycles. The second-order valence-corrected chi connectivity index (χ2v) is 18.9.